The molecule has 0 spiro atoms. The van der Waals surface area contributed by atoms with Gasteiger partial charge >= 0.3 is 0 Å². The molecule has 0 radical (unpaired) electrons. The number of halogens is 1. The summed E-state index contributed by atoms with van der Waals surface area (Å²) >= 11 is 0. The molecule has 7 heteroatoms. The second-order valence-electron chi connectivity index (χ2n) is 6.58. The molecule has 2 N–H and O–H groups in total. The van der Waals surface area contributed by atoms with Gasteiger partial charge in [0.25, 0.3) is 5.91 Å². The molecule has 3 aromatic rings. The maximum absolute atomic E-state index is 13.2. The number of rotatable bonds is 5. The third-order valence-corrected chi connectivity index (χ3v) is 4.45. The molecule has 0 aliphatic heterocycles. The van der Waals surface area contributed by atoms with Crippen LogP contribution in [0.25, 0.3) is 11.1 Å². The van der Waals surface area contributed by atoms with E-state index in [1.54, 1.807) is 30.5 Å². The van der Waals surface area contributed by atoms with Gasteiger partial charge in [0, 0.05) is 29.4 Å². The van der Waals surface area contributed by atoms with Gasteiger partial charge in [-0.1, -0.05) is 12.1 Å². The first-order valence-electron chi connectivity index (χ1n) is 8.88. The minimum Gasteiger partial charge on any atom is -0.320 e. The Balaban J connectivity index is 1.54. The minimum atomic E-state index is -0.360. The van der Waals surface area contributed by atoms with Gasteiger partial charge in [-0.15, -0.1) is 0 Å². The Hall–Kier alpha value is -3.61. The summed E-state index contributed by atoms with van der Waals surface area (Å²) in [5.41, 5.74) is 2.33. The van der Waals surface area contributed by atoms with Crippen molar-refractivity contribution in [2.75, 3.05) is 10.6 Å². The summed E-state index contributed by atoms with van der Waals surface area (Å²) < 4.78 is 13.2. The molecule has 1 aromatic carbocycles. The summed E-state index contributed by atoms with van der Waals surface area (Å²) in [4.78, 5) is 32.7. The van der Waals surface area contributed by atoms with Gasteiger partial charge in [-0.25, -0.2) is 9.37 Å². The first-order valence-corrected chi connectivity index (χ1v) is 8.88. The van der Waals surface area contributed by atoms with Crippen molar-refractivity contribution in [3.63, 3.8) is 0 Å². The number of nitrogens with zero attached hydrogens (tertiary/aromatic N) is 2. The zero-order valence-electron chi connectivity index (χ0n) is 14.9. The predicted molar refractivity (Wildman–Crippen MR) is 103 cm³/mol. The first-order chi connectivity index (χ1) is 13.6. The fourth-order valence-electron chi connectivity index (χ4n) is 2.78. The van der Waals surface area contributed by atoms with Crippen LogP contribution in [0.2, 0.25) is 0 Å². The largest absolute Gasteiger partial charge is 0.320 e. The van der Waals surface area contributed by atoms with Crippen LogP contribution in [0.15, 0.2) is 61.1 Å². The lowest BCUT2D eigenvalue weighted by Crippen LogP contribution is -2.16. The maximum atomic E-state index is 13.2. The standard InChI is InChI=1S/C21H17FN4O2/c22-16-5-3-13(4-6-16)17-8-9-23-12-18(17)25-21(28)15-7-10-24-19(11-15)26-20(27)14-1-2-14/h3-12,14H,1-2H2,(H,25,28)(H,24,26,27). The summed E-state index contributed by atoms with van der Waals surface area (Å²) in [6.45, 7) is 0. The Morgan fingerprint density at radius 3 is 2.54 bits per heavy atom. The zero-order chi connectivity index (χ0) is 19.5. The van der Waals surface area contributed by atoms with Crippen molar-refractivity contribution < 1.29 is 14.0 Å². The van der Waals surface area contributed by atoms with E-state index in [-0.39, 0.29) is 23.5 Å². The number of hydrogen-bond donors (Lipinski definition) is 2. The average Bonchev–Trinajstić information content (AvgIpc) is 3.55. The third kappa shape index (κ3) is 4.03. The summed E-state index contributed by atoms with van der Waals surface area (Å²) in [6.07, 6.45) is 6.39. The molecular weight excluding hydrogens is 359 g/mol. The first kappa shape index (κ1) is 17.8. The number of nitrogens with one attached hydrogen (secondary N) is 2. The highest BCUT2D eigenvalue weighted by atomic mass is 19.1. The van der Waals surface area contributed by atoms with Crippen molar-refractivity contribution >= 4 is 23.3 Å². The van der Waals surface area contributed by atoms with Crippen molar-refractivity contribution in [1.29, 1.82) is 0 Å². The lowest BCUT2D eigenvalue weighted by molar-refractivity contribution is -0.117. The second-order valence-corrected chi connectivity index (χ2v) is 6.58. The van der Waals surface area contributed by atoms with E-state index >= 15 is 0 Å². The Bertz CT molecular complexity index is 1030. The van der Waals surface area contributed by atoms with E-state index in [9.17, 15) is 14.0 Å². The van der Waals surface area contributed by atoms with E-state index in [0.29, 0.717) is 17.1 Å². The van der Waals surface area contributed by atoms with E-state index in [0.717, 1.165) is 24.0 Å². The summed E-state index contributed by atoms with van der Waals surface area (Å²) in [5.74, 6) is -0.375. The SMILES string of the molecule is O=C(Nc1cnccc1-c1ccc(F)cc1)c1ccnc(NC(=O)C2CC2)c1. The number of carbonyl (C=O) groups excluding carboxylic acids is 2. The maximum Gasteiger partial charge on any atom is 0.255 e. The molecule has 1 fully saturated rings. The van der Waals surface area contributed by atoms with Crippen molar-refractivity contribution in [1.82, 2.24) is 9.97 Å². The van der Waals surface area contributed by atoms with Crippen LogP contribution in [0.4, 0.5) is 15.9 Å². The van der Waals surface area contributed by atoms with Gasteiger partial charge in [-0.2, -0.15) is 0 Å². The lowest BCUT2D eigenvalue weighted by Gasteiger charge is -2.11. The lowest BCUT2D eigenvalue weighted by atomic mass is 10.1. The molecule has 2 heterocycles. The van der Waals surface area contributed by atoms with Crippen LogP contribution in [0.1, 0.15) is 23.2 Å². The third-order valence-electron chi connectivity index (χ3n) is 4.45. The number of anilines is 2. The van der Waals surface area contributed by atoms with Crippen LogP contribution in [-0.4, -0.2) is 21.8 Å². The zero-order valence-corrected chi connectivity index (χ0v) is 14.9. The predicted octanol–water partition coefficient (Wildman–Crippen LogP) is 3.88. The molecule has 0 bridgehead atoms. The van der Waals surface area contributed by atoms with E-state index in [1.165, 1.54) is 30.6 Å². The van der Waals surface area contributed by atoms with Gasteiger partial charge in [0.2, 0.25) is 5.91 Å². The van der Waals surface area contributed by atoms with Gasteiger partial charge in [0.1, 0.15) is 11.6 Å². The van der Waals surface area contributed by atoms with Crippen LogP contribution >= 0.6 is 0 Å². The van der Waals surface area contributed by atoms with Gasteiger partial charge in [-0.05, 0) is 48.7 Å². The summed E-state index contributed by atoms with van der Waals surface area (Å²) in [6, 6.07) is 10.8. The topological polar surface area (TPSA) is 84.0 Å². The number of amides is 2. The molecule has 6 nitrogen and oxygen atoms in total. The molecule has 2 aromatic heterocycles. The van der Waals surface area contributed by atoms with Crippen molar-refractivity contribution in [3.05, 3.63) is 72.4 Å². The van der Waals surface area contributed by atoms with Crippen LogP contribution in [0, 0.1) is 11.7 Å². The summed E-state index contributed by atoms with van der Waals surface area (Å²) in [7, 11) is 0. The highest BCUT2D eigenvalue weighted by Crippen LogP contribution is 2.30. The van der Waals surface area contributed by atoms with E-state index in [1.807, 2.05) is 0 Å². The van der Waals surface area contributed by atoms with Crippen molar-refractivity contribution in [3.8, 4) is 11.1 Å². The highest BCUT2D eigenvalue weighted by molar-refractivity contribution is 6.07. The smallest absolute Gasteiger partial charge is 0.255 e. The quantitative estimate of drug-likeness (QED) is 0.708. The average molecular weight is 376 g/mol. The molecule has 140 valence electrons. The van der Waals surface area contributed by atoms with Crippen molar-refractivity contribution in [2.24, 2.45) is 5.92 Å². The fraction of sp³-hybridized carbons (Fsp3) is 0.143. The Labute approximate surface area is 160 Å². The summed E-state index contributed by atoms with van der Waals surface area (Å²) in [5, 5.41) is 5.55. The molecule has 0 unspecified atom stereocenters. The Morgan fingerprint density at radius 2 is 1.79 bits per heavy atom. The highest BCUT2D eigenvalue weighted by Gasteiger charge is 2.29. The molecule has 1 aliphatic rings. The Kier molecular flexibility index (Phi) is 4.80. The molecule has 28 heavy (non-hydrogen) atoms. The van der Waals surface area contributed by atoms with Crippen LogP contribution in [-0.2, 0) is 4.79 Å². The molecule has 0 atom stereocenters. The van der Waals surface area contributed by atoms with Gasteiger partial charge in [0.05, 0.1) is 11.9 Å². The Morgan fingerprint density at radius 1 is 1.00 bits per heavy atom. The molecular formula is C21H17FN4O2. The van der Waals surface area contributed by atoms with Crippen molar-refractivity contribution in [2.45, 2.75) is 12.8 Å². The van der Waals surface area contributed by atoms with E-state index in [2.05, 4.69) is 20.6 Å². The molecule has 1 aliphatic carbocycles. The number of aromatic nitrogens is 2. The number of hydrogen-bond acceptors (Lipinski definition) is 4. The second kappa shape index (κ2) is 7.56. The van der Waals surface area contributed by atoms with Gasteiger partial charge in [0.15, 0.2) is 0 Å². The molecule has 2 amide bonds. The number of pyridine rings is 2. The van der Waals surface area contributed by atoms with E-state index < -0.39 is 0 Å². The normalized spacial score (nSPS) is 13.0. The fourth-order valence-corrected chi connectivity index (χ4v) is 2.78. The molecule has 0 saturated heterocycles. The minimum absolute atomic E-state index is 0.0490. The van der Waals surface area contributed by atoms with Gasteiger partial charge in [-0.3, -0.25) is 14.6 Å². The van der Waals surface area contributed by atoms with Gasteiger partial charge < -0.3 is 10.6 Å². The molecule has 4 rings (SSSR count). The van der Waals surface area contributed by atoms with E-state index in [4.69, 9.17) is 0 Å². The van der Waals surface area contributed by atoms with Crippen LogP contribution in [0.3, 0.4) is 0 Å². The van der Waals surface area contributed by atoms with Crippen LogP contribution in [0.5, 0.6) is 0 Å². The molecule has 1 saturated carbocycles. The monoisotopic (exact) mass is 376 g/mol. The number of benzene rings is 1. The number of carbonyl (C=O) groups is 2. The van der Waals surface area contributed by atoms with Crippen LogP contribution < -0.4 is 10.6 Å².